The monoisotopic (exact) mass is 252 g/mol. The van der Waals surface area contributed by atoms with Crippen LogP contribution in [0.1, 0.15) is 18.5 Å². The van der Waals surface area contributed by atoms with Gasteiger partial charge in [-0.15, -0.1) is 0 Å². The molecule has 5 nitrogen and oxygen atoms in total. The summed E-state index contributed by atoms with van der Waals surface area (Å²) in [4.78, 5) is 11.6. The summed E-state index contributed by atoms with van der Waals surface area (Å²) in [5.41, 5.74) is 7.41. The van der Waals surface area contributed by atoms with Gasteiger partial charge in [0, 0.05) is 12.8 Å². The highest BCUT2D eigenvalue weighted by molar-refractivity contribution is 5.77. The van der Waals surface area contributed by atoms with Crippen molar-refractivity contribution in [3.8, 4) is 0 Å². The van der Waals surface area contributed by atoms with Crippen molar-refractivity contribution in [3.63, 3.8) is 0 Å². The lowest BCUT2D eigenvalue weighted by Crippen LogP contribution is -2.31. The quantitative estimate of drug-likeness (QED) is 0.563. The molecule has 0 bridgehead atoms. The van der Waals surface area contributed by atoms with Crippen LogP contribution in [0.25, 0.3) is 0 Å². The summed E-state index contributed by atoms with van der Waals surface area (Å²) in [6.07, 6.45) is 0. The highest BCUT2D eigenvalue weighted by atomic mass is 16.5. The highest BCUT2D eigenvalue weighted by Gasteiger charge is 2.11. The van der Waals surface area contributed by atoms with Crippen molar-refractivity contribution in [2.24, 2.45) is 0 Å². The van der Waals surface area contributed by atoms with E-state index >= 15 is 0 Å². The average molecular weight is 252 g/mol. The molecule has 0 radical (unpaired) electrons. The van der Waals surface area contributed by atoms with E-state index in [1.807, 2.05) is 31.2 Å². The topological polar surface area (TPSA) is 73.6 Å². The van der Waals surface area contributed by atoms with E-state index in [0.29, 0.717) is 18.9 Å². The van der Waals surface area contributed by atoms with Crippen LogP contribution >= 0.6 is 0 Å². The molecule has 0 aliphatic carbocycles. The Morgan fingerprint density at radius 1 is 1.39 bits per heavy atom. The number of hydrogen-bond acceptors (Lipinski definition) is 4. The van der Waals surface area contributed by atoms with Crippen molar-refractivity contribution in [1.82, 2.24) is 5.32 Å². The number of methoxy groups -OCH3 is 1. The highest BCUT2D eigenvalue weighted by Crippen LogP contribution is 2.18. The van der Waals surface area contributed by atoms with Crippen LogP contribution in [-0.2, 0) is 14.3 Å². The van der Waals surface area contributed by atoms with Gasteiger partial charge < -0.3 is 20.5 Å². The smallest absolute Gasteiger partial charge is 0.246 e. The first-order valence-electron chi connectivity index (χ1n) is 5.85. The predicted octanol–water partition coefficient (Wildman–Crippen LogP) is 1.11. The van der Waals surface area contributed by atoms with Crippen LogP contribution in [0.3, 0.4) is 0 Å². The molecule has 1 aromatic carbocycles. The molecule has 0 saturated heterocycles. The van der Waals surface area contributed by atoms with Crippen molar-refractivity contribution in [1.29, 1.82) is 0 Å². The molecule has 0 aromatic heterocycles. The van der Waals surface area contributed by atoms with Crippen LogP contribution in [0, 0.1) is 0 Å². The molecule has 0 fully saturated rings. The molecule has 0 aliphatic heterocycles. The third-order valence-corrected chi connectivity index (χ3v) is 2.50. The number of ether oxygens (including phenoxy) is 2. The van der Waals surface area contributed by atoms with Gasteiger partial charge in [0.25, 0.3) is 0 Å². The van der Waals surface area contributed by atoms with Gasteiger partial charge >= 0.3 is 0 Å². The third kappa shape index (κ3) is 4.73. The number of hydrogen-bond donors (Lipinski definition) is 2. The third-order valence-electron chi connectivity index (χ3n) is 2.50. The maximum absolute atomic E-state index is 11.6. The summed E-state index contributed by atoms with van der Waals surface area (Å²) in [6, 6.07) is 7.33. The Labute approximate surface area is 107 Å². The zero-order valence-corrected chi connectivity index (χ0v) is 10.8. The van der Waals surface area contributed by atoms with Gasteiger partial charge in [0.1, 0.15) is 6.61 Å². The van der Waals surface area contributed by atoms with Gasteiger partial charge in [-0.25, -0.2) is 0 Å². The fraction of sp³-hybridized carbons (Fsp3) is 0.462. The minimum atomic E-state index is -0.165. The first-order valence-corrected chi connectivity index (χ1v) is 5.85. The molecule has 18 heavy (non-hydrogen) atoms. The predicted molar refractivity (Wildman–Crippen MR) is 70.1 cm³/mol. The molecule has 1 rings (SSSR count). The molecule has 1 atom stereocenters. The molecule has 0 heterocycles. The van der Waals surface area contributed by atoms with Gasteiger partial charge in [0.2, 0.25) is 5.91 Å². The largest absolute Gasteiger partial charge is 0.398 e. The van der Waals surface area contributed by atoms with Crippen LogP contribution in [-0.4, -0.2) is 32.8 Å². The van der Waals surface area contributed by atoms with Crippen LogP contribution in [0.5, 0.6) is 0 Å². The lowest BCUT2D eigenvalue weighted by molar-refractivity contribution is -0.126. The van der Waals surface area contributed by atoms with Crippen molar-refractivity contribution in [2.75, 3.05) is 32.7 Å². The molecule has 0 saturated carbocycles. The Morgan fingerprint density at radius 2 is 2.11 bits per heavy atom. The summed E-state index contributed by atoms with van der Waals surface area (Å²) in [7, 11) is 1.59. The number of nitrogens with one attached hydrogen (secondary N) is 1. The summed E-state index contributed by atoms with van der Waals surface area (Å²) < 4.78 is 9.95. The molecular weight excluding hydrogens is 232 g/mol. The van der Waals surface area contributed by atoms with E-state index < -0.39 is 0 Å². The Balaban J connectivity index is 2.38. The van der Waals surface area contributed by atoms with Gasteiger partial charge in [0.05, 0.1) is 19.3 Å². The number of benzene rings is 1. The molecular formula is C13H20N2O3. The Morgan fingerprint density at radius 3 is 2.78 bits per heavy atom. The number of nitrogens with two attached hydrogens (primary N) is 1. The van der Waals surface area contributed by atoms with Crippen molar-refractivity contribution >= 4 is 11.6 Å². The first kappa shape index (κ1) is 14.5. The number of carbonyl (C=O) groups excluding carboxylic acids is 1. The summed E-state index contributed by atoms with van der Waals surface area (Å²) >= 11 is 0. The van der Waals surface area contributed by atoms with Gasteiger partial charge in [-0.1, -0.05) is 18.2 Å². The van der Waals surface area contributed by atoms with E-state index in [9.17, 15) is 4.79 Å². The van der Waals surface area contributed by atoms with Crippen LogP contribution in [0.2, 0.25) is 0 Å². The Kier molecular flexibility index (Phi) is 6.18. The average Bonchev–Trinajstić information content (AvgIpc) is 2.35. The van der Waals surface area contributed by atoms with Gasteiger partial charge in [0.15, 0.2) is 0 Å². The SMILES string of the molecule is COCCOCC(=O)NC(C)c1ccccc1N. The van der Waals surface area contributed by atoms with Crippen LogP contribution in [0.15, 0.2) is 24.3 Å². The second kappa shape index (κ2) is 7.68. The molecule has 1 amide bonds. The van der Waals surface area contributed by atoms with E-state index in [-0.39, 0.29) is 18.6 Å². The minimum absolute atomic E-state index is 0.0282. The van der Waals surface area contributed by atoms with E-state index in [1.54, 1.807) is 7.11 Å². The van der Waals surface area contributed by atoms with Gasteiger partial charge in [-0.3, -0.25) is 4.79 Å². The summed E-state index contributed by atoms with van der Waals surface area (Å²) in [5, 5.41) is 2.83. The summed E-state index contributed by atoms with van der Waals surface area (Å²) in [5.74, 6) is -0.165. The number of para-hydroxylation sites is 1. The van der Waals surface area contributed by atoms with E-state index in [4.69, 9.17) is 15.2 Å². The number of rotatable bonds is 7. The molecule has 1 unspecified atom stereocenters. The molecule has 0 aliphatic rings. The second-order valence-electron chi connectivity index (χ2n) is 3.96. The van der Waals surface area contributed by atoms with Crippen LogP contribution in [0.4, 0.5) is 5.69 Å². The maximum Gasteiger partial charge on any atom is 0.246 e. The first-order chi connectivity index (χ1) is 8.65. The zero-order chi connectivity index (χ0) is 13.4. The fourth-order valence-electron chi connectivity index (χ4n) is 1.57. The molecule has 100 valence electrons. The molecule has 1 aromatic rings. The lowest BCUT2D eigenvalue weighted by atomic mass is 10.1. The van der Waals surface area contributed by atoms with Gasteiger partial charge in [-0.05, 0) is 18.6 Å². The number of nitrogen functional groups attached to an aromatic ring is 1. The molecule has 5 heteroatoms. The lowest BCUT2D eigenvalue weighted by Gasteiger charge is -2.16. The van der Waals surface area contributed by atoms with Crippen molar-refractivity contribution in [3.05, 3.63) is 29.8 Å². The number of amides is 1. The van der Waals surface area contributed by atoms with Crippen molar-refractivity contribution in [2.45, 2.75) is 13.0 Å². The van der Waals surface area contributed by atoms with E-state index in [0.717, 1.165) is 5.56 Å². The fourth-order valence-corrected chi connectivity index (χ4v) is 1.57. The minimum Gasteiger partial charge on any atom is -0.398 e. The maximum atomic E-state index is 11.6. The summed E-state index contributed by atoms with van der Waals surface area (Å²) in [6.45, 7) is 2.80. The second-order valence-corrected chi connectivity index (χ2v) is 3.96. The zero-order valence-electron chi connectivity index (χ0n) is 10.8. The number of anilines is 1. The van der Waals surface area contributed by atoms with E-state index in [2.05, 4.69) is 5.32 Å². The molecule has 0 spiro atoms. The van der Waals surface area contributed by atoms with Gasteiger partial charge in [-0.2, -0.15) is 0 Å². The van der Waals surface area contributed by atoms with Crippen LogP contribution < -0.4 is 11.1 Å². The van der Waals surface area contributed by atoms with Crippen molar-refractivity contribution < 1.29 is 14.3 Å². The standard InChI is InChI=1S/C13H20N2O3/c1-10(11-5-3-4-6-12(11)14)15-13(16)9-18-8-7-17-2/h3-6,10H,7-9,14H2,1-2H3,(H,15,16). The Bertz CT molecular complexity index is 382. The number of carbonyl (C=O) groups is 1. The van der Waals surface area contributed by atoms with E-state index in [1.165, 1.54) is 0 Å². The molecule has 3 N–H and O–H groups in total. The normalized spacial score (nSPS) is 12.1. The Hall–Kier alpha value is -1.59.